The van der Waals surface area contributed by atoms with E-state index in [4.69, 9.17) is 5.73 Å². The second-order valence-corrected chi connectivity index (χ2v) is 8.20. The molecule has 0 aromatic carbocycles. The van der Waals surface area contributed by atoms with Gasteiger partial charge in [-0.3, -0.25) is 19.1 Å². The summed E-state index contributed by atoms with van der Waals surface area (Å²) in [5, 5.41) is 7.37. The first-order valence-electron chi connectivity index (χ1n) is 9.69. The van der Waals surface area contributed by atoms with Gasteiger partial charge in [0.2, 0.25) is 5.91 Å². The summed E-state index contributed by atoms with van der Waals surface area (Å²) in [6, 6.07) is -0.131. The van der Waals surface area contributed by atoms with Gasteiger partial charge in [-0.25, -0.2) is 4.98 Å². The zero-order valence-electron chi connectivity index (χ0n) is 16.8. The Hall–Kier alpha value is -3.17. The van der Waals surface area contributed by atoms with Crippen LogP contribution in [0, 0.1) is 5.41 Å². The van der Waals surface area contributed by atoms with Gasteiger partial charge in [-0.15, -0.1) is 0 Å². The molecule has 0 bridgehead atoms. The third-order valence-corrected chi connectivity index (χ3v) is 5.94. The van der Waals surface area contributed by atoms with E-state index in [0.717, 1.165) is 12.8 Å². The number of anilines is 2. The Morgan fingerprint density at radius 2 is 1.97 bits per heavy atom. The molecule has 2 fully saturated rings. The van der Waals surface area contributed by atoms with E-state index in [1.54, 1.807) is 17.9 Å². The van der Waals surface area contributed by atoms with E-state index in [-0.39, 0.29) is 17.4 Å². The number of carbonyl (C=O) groups excluding carboxylic acids is 3. The van der Waals surface area contributed by atoms with E-state index in [0.29, 0.717) is 42.0 Å². The van der Waals surface area contributed by atoms with Gasteiger partial charge >= 0.3 is 11.8 Å². The van der Waals surface area contributed by atoms with E-state index in [1.165, 1.54) is 11.1 Å². The zero-order valence-corrected chi connectivity index (χ0v) is 16.8. The summed E-state index contributed by atoms with van der Waals surface area (Å²) in [5.41, 5.74) is 6.60. The van der Waals surface area contributed by atoms with E-state index in [1.807, 2.05) is 18.7 Å². The summed E-state index contributed by atoms with van der Waals surface area (Å²) in [5.74, 6) is -0.935. The lowest BCUT2D eigenvalue weighted by Gasteiger charge is -2.40. The summed E-state index contributed by atoms with van der Waals surface area (Å²) < 4.78 is 1.56. The quantitative estimate of drug-likeness (QED) is 0.702. The first kappa shape index (κ1) is 19.2. The molecule has 3 heterocycles. The monoisotopic (exact) mass is 399 g/mol. The molecule has 29 heavy (non-hydrogen) atoms. The predicted molar refractivity (Wildman–Crippen MR) is 107 cm³/mol. The molecular weight excluding hydrogens is 374 g/mol. The van der Waals surface area contributed by atoms with Crippen LogP contribution in [0.5, 0.6) is 0 Å². The molecule has 154 valence electrons. The number of nitrogens with two attached hydrogens (primary N) is 1. The number of nitrogen functional groups attached to an aromatic ring is 1. The summed E-state index contributed by atoms with van der Waals surface area (Å²) in [7, 11) is 1.72. The molecule has 3 amide bonds. The standard InChI is InChI=1S/C19H25N7O3/c1-11-10-25(6-7-26(11)18(29)19(2)4-5-19)17(28)16(27)23-13-9-21-15(20)14-12(13)8-22-24(14)3/h8-9,11H,4-7,10H2,1-3H3,(H2,20,21)(H,23,27). The smallest absolute Gasteiger partial charge is 0.313 e. The van der Waals surface area contributed by atoms with Crippen LogP contribution in [0.15, 0.2) is 12.4 Å². The van der Waals surface area contributed by atoms with Crippen molar-refractivity contribution in [2.24, 2.45) is 12.5 Å². The lowest BCUT2D eigenvalue weighted by Crippen LogP contribution is -2.58. The topological polar surface area (TPSA) is 126 Å². The average Bonchev–Trinajstić information content (AvgIpc) is 3.32. The molecule has 1 saturated carbocycles. The van der Waals surface area contributed by atoms with Crippen LogP contribution in [0.25, 0.3) is 10.9 Å². The fraction of sp³-hybridized carbons (Fsp3) is 0.526. The Morgan fingerprint density at radius 3 is 2.62 bits per heavy atom. The number of nitrogens with one attached hydrogen (secondary N) is 1. The van der Waals surface area contributed by atoms with E-state index in [9.17, 15) is 14.4 Å². The molecule has 4 rings (SSSR count). The van der Waals surface area contributed by atoms with E-state index >= 15 is 0 Å². The first-order chi connectivity index (χ1) is 13.7. The van der Waals surface area contributed by atoms with Gasteiger partial charge in [0.1, 0.15) is 11.3 Å². The number of pyridine rings is 1. The van der Waals surface area contributed by atoms with Crippen molar-refractivity contribution in [1.82, 2.24) is 24.6 Å². The number of hydrogen-bond acceptors (Lipinski definition) is 6. The van der Waals surface area contributed by atoms with E-state index < -0.39 is 11.8 Å². The minimum Gasteiger partial charge on any atom is -0.382 e. The van der Waals surface area contributed by atoms with Crippen molar-refractivity contribution in [2.45, 2.75) is 32.7 Å². The molecule has 2 aromatic rings. The molecule has 1 unspecified atom stereocenters. The van der Waals surface area contributed by atoms with Crippen molar-refractivity contribution in [3.63, 3.8) is 0 Å². The van der Waals surface area contributed by atoms with Gasteiger partial charge in [0.05, 0.1) is 18.1 Å². The maximum Gasteiger partial charge on any atom is 0.313 e. The first-order valence-corrected chi connectivity index (χ1v) is 9.69. The van der Waals surface area contributed by atoms with Gasteiger partial charge in [0.15, 0.2) is 0 Å². The Bertz CT molecular complexity index is 1010. The van der Waals surface area contributed by atoms with Gasteiger partial charge in [0, 0.05) is 43.5 Å². The van der Waals surface area contributed by atoms with Crippen LogP contribution in [0.4, 0.5) is 11.5 Å². The molecule has 1 aliphatic carbocycles. The van der Waals surface area contributed by atoms with E-state index in [2.05, 4.69) is 15.4 Å². The Morgan fingerprint density at radius 1 is 1.24 bits per heavy atom. The van der Waals surface area contributed by atoms with Gasteiger partial charge in [-0.05, 0) is 19.8 Å². The summed E-state index contributed by atoms with van der Waals surface area (Å²) >= 11 is 0. The third kappa shape index (κ3) is 3.28. The minimum atomic E-state index is -0.747. The number of hydrogen-bond donors (Lipinski definition) is 2. The highest BCUT2D eigenvalue weighted by Crippen LogP contribution is 2.47. The van der Waals surface area contributed by atoms with Crippen molar-refractivity contribution < 1.29 is 14.4 Å². The predicted octanol–water partition coefficient (Wildman–Crippen LogP) is 0.348. The molecule has 1 atom stereocenters. The number of fused-ring (bicyclic) bond motifs is 1. The molecule has 0 radical (unpaired) electrons. The maximum absolute atomic E-state index is 12.7. The Balaban J connectivity index is 1.44. The number of carbonyl (C=O) groups is 3. The number of amides is 3. The molecule has 2 aromatic heterocycles. The van der Waals surface area contributed by atoms with Gasteiger partial charge in [-0.2, -0.15) is 5.10 Å². The summed E-state index contributed by atoms with van der Waals surface area (Å²) in [6.45, 7) is 4.98. The number of piperazine rings is 1. The number of aryl methyl sites for hydroxylation is 1. The average molecular weight is 399 g/mol. The Labute approximate surface area is 168 Å². The molecule has 0 spiro atoms. The van der Waals surface area contributed by atoms with Crippen molar-refractivity contribution in [1.29, 1.82) is 0 Å². The van der Waals surface area contributed by atoms with Crippen LogP contribution in [0.1, 0.15) is 26.7 Å². The van der Waals surface area contributed by atoms with Crippen molar-refractivity contribution in [2.75, 3.05) is 30.7 Å². The van der Waals surface area contributed by atoms with Crippen molar-refractivity contribution in [3.05, 3.63) is 12.4 Å². The molecule has 1 saturated heterocycles. The second kappa shape index (κ2) is 6.71. The molecule has 10 heteroatoms. The third-order valence-electron chi connectivity index (χ3n) is 5.94. The number of rotatable bonds is 2. The Kier molecular flexibility index (Phi) is 4.44. The normalized spacial score (nSPS) is 20.6. The van der Waals surface area contributed by atoms with Crippen LogP contribution in [-0.2, 0) is 21.4 Å². The summed E-state index contributed by atoms with van der Waals surface area (Å²) in [6.07, 6.45) is 4.82. The lowest BCUT2D eigenvalue weighted by atomic mass is 10.1. The largest absolute Gasteiger partial charge is 0.382 e. The van der Waals surface area contributed by atoms with Gasteiger partial charge < -0.3 is 20.9 Å². The number of nitrogens with zero attached hydrogens (tertiary/aromatic N) is 5. The number of aromatic nitrogens is 3. The van der Waals surface area contributed by atoms with Crippen LogP contribution >= 0.6 is 0 Å². The highest BCUT2D eigenvalue weighted by molar-refractivity contribution is 6.40. The van der Waals surface area contributed by atoms with Crippen LogP contribution < -0.4 is 11.1 Å². The van der Waals surface area contributed by atoms with Gasteiger partial charge in [-0.1, -0.05) is 6.92 Å². The molecule has 10 nitrogen and oxygen atoms in total. The van der Waals surface area contributed by atoms with Gasteiger partial charge in [0.25, 0.3) is 0 Å². The minimum absolute atomic E-state index is 0.131. The maximum atomic E-state index is 12.7. The van der Waals surface area contributed by atoms with Crippen molar-refractivity contribution >= 4 is 40.1 Å². The molecule has 1 aliphatic heterocycles. The highest BCUT2D eigenvalue weighted by Gasteiger charge is 2.48. The van der Waals surface area contributed by atoms with Crippen LogP contribution in [-0.4, -0.2) is 68.0 Å². The summed E-state index contributed by atoms with van der Waals surface area (Å²) in [4.78, 5) is 45.3. The zero-order chi connectivity index (χ0) is 20.9. The molecule has 3 N–H and O–H groups in total. The lowest BCUT2D eigenvalue weighted by molar-refractivity contribution is -0.149. The fourth-order valence-corrected chi connectivity index (χ4v) is 3.81. The van der Waals surface area contributed by atoms with Crippen LogP contribution in [0.3, 0.4) is 0 Å². The SMILES string of the molecule is CC1CN(C(=O)C(=O)Nc2cnc(N)c3c2cnn3C)CCN1C(=O)C1(C)CC1. The highest BCUT2D eigenvalue weighted by atomic mass is 16.2. The molecule has 2 aliphatic rings. The van der Waals surface area contributed by atoms with Crippen LogP contribution in [0.2, 0.25) is 0 Å². The second-order valence-electron chi connectivity index (χ2n) is 8.20. The molecular formula is C19H25N7O3. The fourth-order valence-electron chi connectivity index (χ4n) is 3.81. The van der Waals surface area contributed by atoms with Crippen molar-refractivity contribution in [3.8, 4) is 0 Å².